The Balaban J connectivity index is 1.71. The minimum Gasteiger partial charge on any atom is -0.373 e. The third-order valence-electron chi connectivity index (χ3n) is 6.08. The molecule has 3 heterocycles. The number of amidine groups is 2. The summed E-state index contributed by atoms with van der Waals surface area (Å²) in [6.07, 6.45) is 0.292. The average molecular weight is 413 g/mol. The van der Waals surface area contributed by atoms with E-state index < -0.39 is 6.04 Å². The van der Waals surface area contributed by atoms with Crippen molar-refractivity contribution >= 4 is 23.6 Å². The van der Waals surface area contributed by atoms with Crippen LogP contribution in [0.15, 0.2) is 29.3 Å². The highest BCUT2D eigenvalue weighted by Gasteiger charge is 2.53. The van der Waals surface area contributed by atoms with Crippen LogP contribution in [0, 0.1) is 6.92 Å². The molecule has 160 valence electrons. The normalized spacial score (nSPS) is 27.6. The minimum absolute atomic E-state index is 0.146. The minimum atomic E-state index is -0.580. The molecule has 0 N–H and O–H groups in total. The number of ether oxygens (including phenoxy) is 1. The van der Waals surface area contributed by atoms with Gasteiger partial charge < -0.3 is 4.74 Å². The van der Waals surface area contributed by atoms with E-state index in [0.29, 0.717) is 18.9 Å². The number of imide groups is 1. The number of hydrogen-bond acceptors (Lipinski definition) is 5. The summed E-state index contributed by atoms with van der Waals surface area (Å²) in [4.78, 5) is 35.4. The molecule has 2 fully saturated rings. The van der Waals surface area contributed by atoms with Crippen LogP contribution in [0.1, 0.15) is 25.0 Å². The van der Waals surface area contributed by atoms with E-state index in [1.54, 1.807) is 7.05 Å². The zero-order valence-electron chi connectivity index (χ0n) is 18.3. The number of likely N-dealkylation sites (N-methyl/N-ethyl adjacent to an activating group) is 2. The molecule has 0 aromatic heterocycles. The molecule has 1 aromatic carbocycles. The number of amides is 3. The highest BCUT2D eigenvalue weighted by atomic mass is 16.5. The van der Waals surface area contributed by atoms with Crippen molar-refractivity contribution in [3.05, 3.63) is 35.4 Å². The van der Waals surface area contributed by atoms with Crippen LogP contribution in [0.5, 0.6) is 0 Å². The van der Waals surface area contributed by atoms with Gasteiger partial charge in [-0.25, -0.2) is 9.37 Å². The first-order chi connectivity index (χ1) is 14.3. The summed E-state index contributed by atoms with van der Waals surface area (Å²) in [5.74, 6) is 1.10. The van der Waals surface area contributed by atoms with Crippen LogP contribution >= 0.6 is 0 Å². The first-order valence-corrected chi connectivity index (χ1v) is 10.4. The molecule has 8 heteroatoms. The lowest BCUT2D eigenvalue weighted by Crippen LogP contribution is -2.61. The molecule has 0 saturated carbocycles. The Labute approximate surface area is 177 Å². The number of carbonyl (C=O) groups is 2. The zero-order valence-corrected chi connectivity index (χ0v) is 18.3. The fraction of sp³-hybridized carbons (Fsp3) is 0.545. The highest BCUT2D eigenvalue weighted by Crippen LogP contribution is 2.22. The predicted octanol–water partition coefficient (Wildman–Crippen LogP) is 1.32. The van der Waals surface area contributed by atoms with Crippen molar-refractivity contribution in [3.8, 4) is 0 Å². The molecule has 0 spiro atoms. The molecule has 8 nitrogen and oxygen atoms in total. The Morgan fingerprint density at radius 1 is 1.10 bits per heavy atom. The molecule has 0 aliphatic carbocycles. The van der Waals surface area contributed by atoms with E-state index in [9.17, 15) is 9.59 Å². The second kappa shape index (κ2) is 7.92. The largest absolute Gasteiger partial charge is 0.373 e. The lowest BCUT2D eigenvalue weighted by atomic mass is 10.1. The van der Waals surface area contributed by atoms with Gasteiger partial charge in [0.1, 0.15) is 13.1 Å². The first kappa shape index (κ1) is 20.7. The topological polar surface area (TPSA) is 68.5 Å². The van der Waals surface area contributed by atoms with E-state index in [0.717, 1.165) is 24.5 Å². The van der Waals surface area contributed by atoms with Gasteiger partial charge in [0.15, 0.2) is 0 Å². The van der Waals surface area contributed by atoms with Crippen molar-refractivity contribution in [3.63, 3.8) is 0 Å². The highest BCUT2D eigenvalue weighted by molar-refractivity contribution is 6.23. The second-order valence-electron chi connectivity index (χ2n) is 8.53. The Morgan fingerprint density at radius 2 is 1.77 bits per heavy atom. The van der Waals surface area contributed by atoms with Gasteiger partial charge in [-0.2, -0.15) is 0 Å². The van der Waals surface area contributed by atoms with E-state index in [1.165, 1.54) is 22.4 Å². The number of carbonyl (C=O) groups excluding carboxylic acids is 2. The summed E-state index contributed by atoms with van der Waals surface area (Å²) in [7, 11) is 3.22. The number of morpholine rings is 1. The number of benzene rings is 1. The molecule has 2 saturated heterocycles. The molecule has 3 unspecified atom stereocenters. The van der Waals surface area contributed by atoms with Crippen molar-refractivity contribution < 1.29 is 18.9 Å². The fourth-order valence-electron chi connectivity index (χ4n) is 4.54. The van der Waals surface area contributed by atoms with E-state index in [2.05, 4.69) is 42.4 Å². The SMILES string of the molecule is Cc1ccccc1C[N+]1=C(CN2CC(C)OC(C)C2)N=C2C1C(=O)N(C)C(=O)N2C. The quantitative estimate of drug-likeness (QED) is 0.700. The van der Waals surface area contributed by atoms with Gasteiger partial charge in [-0.05, 0) is 36.9 Å². The molecule has 3 atom stereocenters. The van der Waals surface area contributed by atoms with Gasteiger partial charge in [-0.15, -0.1) is 0 Å². The Kier molecular flexibility index (Phi) is 5.46. The fourth-order valence-corrected chi connectivity index (χ4v) is 4.54. The van der Waals surface area contributed by atoms with Crippen molar-refractivity contribution in [1.29, 1.82) is 0 Å². The second-order valence-corrected chi connectivity index (χ2v) is 8.53. The number of aliphatic imine (C=N–C) groups is 1. The van der Waals surface area contributed by atoms with Crippen molar-refractivity contribution in [1.82, 2.24) is 14.7 Å². The van der Waals surface area contributed by atoms with Crippen molar-refractivity contribution in [2.75, 3.05) is 33.7 Å². The Morgan fingerprint density at radius 3 is 2.43 bits per heavy atom. The van der Waals surface area contributed by atoms with E-state index in [4.69, 9.17) is 9.73 Å². The number of aryl methyl sites for hydroxylation is 1. The molecule has 1 aromatic rings. The maximum atomic E-state index is 13.1. The molecule has 3 aliphatic heterocycles. The molecule has 3 aliphatic rings. The molecule has 3 amide bonds. The Bertz CT molecular complexity index is 930. The first-order valence-electron chi connectivity index (χ1n) is 10.4. The molecule has 0 radical (unpaired) electrons. The summed E-state index contributed by atoms with van der Waals surface area (Å²) in [5, 5.41) is 0. The Hall–Kier alpha value is -2.58. The molecule has 30 heavy (non-hydrogen) atoms. The lowest BCUT2D eigenvalue weighted by molar-refractivity contribution is -0.552. The smallest absolute Gasteiger partial charge is 0.333 e. The zero-order chi connectivity index (χ0) is 21.6. The van der Waals surface area contributed by atoms with Crippen LogP contribution in [0.3, 0.4) is 0 Å². The van der Waals surface area contributed by atoms with Gasteiger partial charge in [0.2, 0.25) is 0 Å². The summed E-state index contributed by atoms with van der Waals surface area (Å²) < 4.78 is 7.92. The van der Waals surface area contributed by atoms with E-state index >= 15 is 0 Å². The molecule has 4 rings (SSSR count). The number of nitrogens with zero attached hydrogens (tertiary/aromatic N) is 5. The lowest BCUT2D eigenvalue weighted by Gasteiger charge is -2.34. The van der Waals surface area contributed by atoms with Crippen LogP contribution < -0.4 is 0 Å². The maximum Gasteiger partial charge on any atom is 0.333 e. The summed E-state index contributed by atoms with van der Waals surface area (Å²) in [5.41, 5.74) is 2.31. The van der Waals surface area contributed by atoms with Gasteiger partial charge in [0.25, 0.3) is 17.8 Å². The van der Waals surface area contributed by atoms with Crippen molar-refractivity contribution in [2.24, 2.45) is 4.99 Å². The summed E-state index contributed by atoms with van der Waals surface area (Å²) >= 11 is 0. The van der Waals surface area contributed by atoms with Gasteiger partial charge >= 0.3 is 11.9 Å². The van der Waals surface area contributed by atoms with E-state index in [1.807, 2.05) is 12.1 Å². The van der Waals surface area contributed by atoms with Crippen LogP contribution in [0.2, 0.25) is 0 Å². The van der Waals surface area contributed by atoms with Crippen molar-refractivity contribution in [2.45, 2.75) is 45.6 Å². The number of rotatable bonds is 4. The third kappa shape index (κ3) is 3.65. The molecule has 0 bridgehead atoms. The molecular weight excluding hydrogens is 382 g/mol. The third-order valence-corrected chi connectivity index (χ3v) is 6.08. The summed E-state index contributed by atoms with van der Waals surface area (Å²) in [6.45, 7) is 9.02. The number of fused-ring (bicyclic) bond motifs is 1. The predicted molar refractivity (Wildman–Crippen MR) is 114 cm³/mol. The van der Waals surface area contributed by atoms with Crippen LogP contribution in [-0.2, 0) is 16.1 Å². The molecular formula is C22H30N5O3+. The van der Waals surface area contributed by atoms with E-state index in [-0.39, 0.29) is 24.1 Å². The number of hydrogen-bond donors (Lipinski definition) is 0. The van der Waals surface area contributed by atoms with Gasteiger partial charge in [0, 0.05) is 27.2 Å². The number of urea groups is 1. The summed E-state index contributed by atoms with van der Waals surface area (Å²) in [6, 6.07) is 7.25. The van der Waals surface area contributed by atoms with Crippen LogP contribution in [0.4, 0.5) is 4.79 Å². The van der Waals surface area contributed by atoms with Crippen LogP contribution in [-0.4, -0.2) is 94.9 Å². The van der Waals surface area contributed by atoms with Gasteiger partial charge in [-0.3, -0.25) is 19.5 Å². The van der Waals surface area contributed by atoms with Gasteiger partial charge in [0.05, 0.1) is 12.2 Å². The monoisotopic (exact) mass is 412 g/mol. The van der Waals surface area contributed by atoms with Crippen LogP contribution in [0.25, 0.3) is 0 Å². The standard InChI is InChI=1S/C22H30N5O3/c1-14-8-6-7-9-17(14)12-27-18(13-26-10-15(2)30-16(3)11-26)23-20-19(27)21(28)25(5)22(29)24(20)4/h6-9,15-16,19H,10-13H2,1-5H3/q+1. The average Bonchev–Trinajstić information content (AvgIpc) is 3.04. The van der Waals surface area contributed by atoms with Gasteiger partial charge in [-0.1, -0.05) is 24.3 Å². The maximum absolute atomic E-state index is 13.1.